The Labute approximate surface area is 213 Å². The quantitative estimate of drug-likeness (QED) is 0.152. The Hall–Kier alpha value is -2.17. The molecule has 2 atom stereocenters. The van der Waals surface area contributed by atoms with Crippen LogP contribution in [0.25, 0.3) is 0 Å². The van der Waals surface area contributed by atoms with Crippen molar-refractivity contribution in [3.05, 3.63) is 0 Å². The molecule has 2 rings (SSSR count). The first kappa shape index (κ1) is 29.1. The minimum atomic E-state index is -0.823. The normalized spacial score (nSPS) is 24.2. The fraction of sp³-hybridized carbons (Fsp3) is 0.833. The van der Waals surface area contributed by atoms with Crippen molar-refractivity contribution in [1.29, 1.82) is 0 Å². The molecule has 35 heavy (non-hydrogen) atoms. The molecule has 0 aromatic rings. The number of amidine groups is 1. The number of hydrogen-bond acceptors (Lipinski definition) is 7. The number of nitrogens with zero attached hydrogens (tertiary/aromatic N) is 2. The average Bonchev–Trinajstić information content (AvgIpc) is 3.30. The summed E-state index contributed by atoms with van der Waals surface area (Å²) < 4.78 is 4.46. The molecule has 3 amide bonds. The van der Waals surface area contributed by atoms with E-state index in [4.69, 9.17) is 15.7 Å². The van der Waals surface area contributed by atoms with E-state index in [0.717, 1.165) is 32.1 Å². The van der Waals surface area contributed by atoms with Crippen molar-refractivity contribution in [2.24, 2.45) is 22.7 Å². The van der Waals surface area contributed by atoms with E-state index in [-0.39, 0.29) is 35.4 Å². The first-order valence-electron chi connectivity index (χ1n) is 12.7. The summed E-state index contributed by atoms with van der Waals surface area (Å²) in [5, 5.41) is 18.0. The van der Waals surface area contributed by atoms with E-state index in [1.807, 2.05) is 27.7 Å². The predicted octanol–water partition coefficient (Wildman–Crippen LogP) is 2.68. The largest absolute Gasteiger partial charge is 0.450 e. The highest BCUT2D eigenvalue weighted by Crippen LogP contribution is 2.34. The fourth-order valence-electron chi connectivity index (χ4n) is 5.07. The fourth-order valence-corrected chi connectivity index (χ4v) is 6.59. The number of oxime groups is 1. The molecule has 200 valence electrons. The maximum atomic E-state index is 13.7. The van der Waals surface area contributed by atoms with Crippen LogP contribution in [0.5, 0.6) is 0 Å². The van der Waals surface area contributed by atoms with Crippen LogP contribution in [-0.4, -0.2) is 75.6 Å². The molecule has 1 aliphatic heterocycles. The van der Waals surface area contributed by atoms with Crippen molar-refractivity contribution in [3.63, 3.8) is 0 Å². The maximum absolute atomic E-state index is 13.7. The second kappa shape index (κ2) is 13.2. The van der Waals surface area contributed by atoms with Crippen molar-refractivity contribution in [2.75, 3.05) is 19.7 Å². The second-order valence-electron chi connectivity index (χ2n) is 10.2. The first-order valence-corrected chi connectivity index (χ1v) is 13.5. The van der Waals surface area contributed by atoms with E-state index < -0.39 is 22.9 Å². The van der Waals surface area contributed by atoms with Crippen LogP contribution in [0.3, 0.4) is 0 Å². The zero-order valence-electron chi connectivity index (χ0n) is 21.7. The lowest BCUT2D eigenvalue weighted by Gasteiger charge is -2.38. The molecule has 1 aliphatic carbocycles. The van der Waals surface area contributed by atoms with Gasteiger partial charge in [0.05, 0.1) is 6.61 Å². The number of amides is 3. The molecule has 0 bridgehead atoms. The Kier molecular flexibility index (Phi) is 11.0. The number of nitrogens with one attached hydrogen (secondary N) is 2. The van der Waals surface area contributed by atoms with Gasteiger partial charge in [-0.15, -0.1) is 0 Å². The topological polar surface area (TPSA) is 146 Å². The molecule has 0 unspecified atom stereocenters. The summed E-state index contributed by atoms with van der Waals surface area (Å²) in [6, 6.07) is -1.38. The van der Waals surface area contributed by atoms with Crippen molar-refractivity contribution < 1.29 is 24.3 Å². The van der Waals surface area contributed by atoms with Crippen LogP contribution in [0, 0.1) is 11.8 Å². The molecule has 2 fully saturated rings. The van der Waals surface area contributed by atoms with Crippen LogP contribution in [0.2, 0.25) is 0 Å². The van der Waals surface area contributed by atoms with Crippen LogP contribution in [0.4, 0.5) is 4.79 Å². The van der Waals surface area contributed by atoms with Gasteiger partial charge in [0.25, 0.3) is 0 Å². The van der Waals surface area contributed by atoms with E-state index in [1.54, 1.807) is 23.6 Å². The number of thioether (sulfide) groups is 1. The van der Waals surface area contributed by atoms with Crippen molar-refractivity contribution in [3.8, 4) is 0 Å². The lowest BCUT2D eigenvalue weighted by Crippen LogP contribution is -2.60. The highest BCUT2D eigenvalue weighted by atomic mass is 32.2. The van der Waals surface area contributed by atoms with Crippen LogP contribution in [-0.2, 0) is 14.3 Å². The van der Waals surface area contributed by atoms with Crippen molar-refractivity contribution in [1.82, 2.24) is 15.5 Å². The maximum Gasteiger partial charge on any atom is 0.407 e. The summed E-state index contributed by atoms with van der Waals surface area (Å²) in [6.45, 7) is 10.9. The summed E-state index contributed by atoms with van der Waals surface area (Å²) in [4.78, 5) is 40.7. The van der Waals surface area contributed by atoms with Crippen molar-refractivity contribution in [2.45, 2.75) is 95.2 Å². The predicted molar refractivity (Wildman–Crippen MR) is 137 cm³/mol. The monoisotopic (exact) mass is 513 g/mol. The van der Waals surface area contributed by atoms with Gasteiger partial charge in [0.1, 0.15) is 17.9 Å². The summed E-state index contributed by atoms with van der Waals surface area (Å²) in [6.07, 6.45) is 4.13. The van der Waals surface area contributed by atoms with E-state index in [1.165, 1.54) is 0 Å². The number of alkyl carbamates (subject to hydrolysis) is 1. The Bertz CT molecular complexity index is 767. The summed E-state index contributed by atoms with van der Waals surface area (Å²) in [5.41, 5.74) is 5.73. The van der Waals surface area contributed by atoms with Gasteiger partial charge in [0.2, 0.25) is 11.8 Å². The summed E-state index contributed by atoms with van der Waals surface area (Å²) >= 11 is 1.60. The van der Waals surface area contributed by atoms with Crippen LogP contribution in [0.1, 0.15) is 73.1 Å². The van der Waals surface area contributed by atoms with Gasteiger partial charge >= 0.3 is 6.09 Å². The third-order valence-corrected chi connectivity index (χ3v) is 8.12. The van der Waals surface area contributed by atoms with Crippen LogP contribution in [0.15, 0.2) is 5.16 Å². The molecule has 5 N–H and O–H groups in total. The van der Waals surface area contributed by atoms with Gasteiger partial charge in [-0.25, -0.2) is 4.79 Å². The number of carbonyl (C=O) groups excluding carboxylic acids is 3. The molecule has 0 aromatic heterocycles. The lowest BCUT2D eigenvalue weighted by molar-refractivity contribution is -0.140. The molecule has 2 aliphatic rings. The summed E-state index contributed by atoms with van der Waals surface area (Å²) in [5.74, 6) is 0.279. The zero-order valence-corrected chi connectivity index (χ0v) is 22.5. The third kappa shape index (κ3) is 8.18. The Morgan fingerprint density at radius 3 is 2.43 bits per heavy atom. The number of carbonyl (C=O) groups is 3. The van der Waals surface area contributed by atoms with E-state index >= 15 is 0 Å². The van der Waals surface area contributed by atoms with Crippen molar-refractivity contribution >= 4 is 35.5 Å². The van der Waals surface area contributed by atoms with Crippen LogP contribution >= 0.6 is 11.8 Å². The van der Waals surface area contributed by atoms with Gasteiger partial charge in [0, 0.05) is 23.8 Å². The third-order valence-electron chi connectivity index (χ3n) is 6.80. The van der Waals surface area contributed by atoms with Gasteiger partial charge in [-0.1, -0.05) is 19.0 Å². The molecule has 1 heterocycles. The van der Waals surface area contributed by atoms with E-state index in [2.05, 4.69) is 15.8 Å². The van der Waals surface area contributed by atoms with Gasteiger partial charge in [-0.3, -0.25) is 9.59 Å². The van der Waals surface area contributed by atoms with Gasteiger partial charge < -0.3 is 31.2 Å². The number of nitrogens with two attached hydrogens (primary N) is 1. The second-order valence-corrected chi connectivity index (χ2v) is 12.5. The highest BCUT2D eigenvalue weighted by molar-refractivity contribution is 8.01. The molecule has 0 aromatic carbocycles. The number of hydrogen-bond donors (Lipinski definition) is 4. The molecular formula is C24H43N5O5S. The van der Waals surface area contributed by atoms with Gasteiger partial charge in [0.15, 0.2) is 0 Å². The standard InChI is InChI=1S/C24H43N5O5S/c1-6-34-23(32)27-19(24(4,5)35-15(2)3)22(31)29-13-7-8-18(29)21(30)26-14-16-9-11-17(12-10-16)20(25)28-33/h15-19,33H,6-14H2,1-5H3,(H2,25,28)(H,26,30)(H,27,32)/t16?,17?,18-,19+/m0/s1. The number of likely N-dealkylation sites (tertiary alicyclic amines) is 1. The Balaban J connectivity index is 2.03. The van der Waals surface area contributed by atoms with Gasteiger partial charge in [-0.2, -0.15) is 11.8 Å². The molecule has 10 nitrogen and oxygen atoms in total. The summed E-state index contributed by atoms with van der Waals surface area (Å²) in [7, 11) is 0. The molecule has 1 saturated heterocycles. The minimum Gasteiger partial charge on any atom is -0.450 e. The molecule has 1 saturated carbocycles. The minimum absolute atomic E-state index is 0.0887. The molecule has 0 spiro atoms. The Morgan fingerprint density at radius 2 is 1.86 bits per heavy atom. The first-order chi connectivity index (χ1) is 16.5. The molecule has 0 radical (unpaired) electrons. The van der Waals surface area contributed by atoms with E-state index in [9.17, 15) is 14.4 Å². The average molecular weight is 514 g/mol. The Morgan fingerprint density at radius 1 is 1.20 bits per heavy atom. The lowest BCUT2D eigenvalue weighted by atomic mass is 9.81. The highest BCUT2D eigenvalue weighted by Gasteiger charge is 2.44. The molecular weight excluding hydrogens is 470 g/mol. The van der Waals surface area contributed by atoms with Crippen LogP contribution < -0.4 is 16.4 Å². The zero-order chi connectivity index (χ0) is 26.2. The van der Waals surface area contributed by atoms with Gasteiger partial charge in [-0.05, 0) is 70.5 Å². The SMILES string of the molecule is CCOC(=O)N[C@H](C(=O)N1CCC[C@H]1C(=O)NCC1CCC(C(N)=NO)CC1)C(C)(C)SC(C)C. The smallest absolute Gasteiger partial charge is 0.407 e. The number of rotatable bonds is 10. The van der Waals surface area contributed by atoms with E-state index in [0.29, 0.717) is 25.4 Å². The molecule has 11 heteroatoms. The number of ether oxygens (including phenoxy) is 1.